The van der Waals surface area contributed by atoms with E-state index in [1.807, 2.05) is 0 Å². The van der Waals surface area contributed by atoms with Crippen LogP contribution in [0.4, 0.5) is 0 Å². The van der Waals surface area contributed by atoms with Crippen LogP contribution in [0.1, 0.15) is 38.5 Å². The molecule has 0 amide bonds. The molecule has 2 heteroatoms. The topological polar surface area (TPSA) is 0 Å². The molecular weight excluding hydrogens is 247 g/mol. The average Bonchev–Trinajstić information content (AvgIpc) is 1.90. The Kier molecular flexibility index (Phi) is 12.1. The van der Waals surface area contributed by atoms with E-state index in [1.54, 1.807) is 0 Å². The largest absolute Gasteiger partial charge is 2.00 e. The third kappa shape index (κ3) is 5.19. The van der Waals surface area contributed by atoms with Crippen LogP contribution in [0.25, 0.3) is 0 Å². The van der Waals surface area contributed by atoms with Crippen molar-refractivity contribution in [1.29, 1.82) is 0 Å². The van der Waals surface area contributed by atoms with E-state index in [4.69, 9.17) is 0 Å². The Morgan fingerprint density at radius 2 is 1.60 bits per heavy atom. The third-order valence-electron chi connectivity index (χ3n) is 2.13. The Bertz CT molecular complexity index is 60.3. The molecular formula is C8H15IMg. The van der Waals surface area contributed by atoms with E-state index in [-0.39, 0.29) is 47.0 Å². The molecule has 0 heterocycles. The van der Waals surface area contributed by atoms with Crippen LogP contribution in [0, 0.1) is 12.8 Å². The summed E-state index contributed by atoms with van der Waals surface area (Å²) in [4.78, 5) is 0. The van der Waals surface area contributed by atoms with Crippen molar-refractivity contribution >= 4 is 23.1 Å². The molecule has 10 heavy (non-hydrogen) atoms. The van der Waals surface area contributed by atoms with Gasteiger partial charge in [-0.25, -0.2) is 0 Å². The van der Waals surface area contributed by atoms with Crippen molar-refractivity contribution in [3.05, 3.63) is 6.92 Å². The Balaban J connectivity index is 0. The zero-order chi connectivity index (χ0) is 5.82. The molecule has 0 atom stereocenters. The van der Waals surface area contributed by atoms with E-state index in [1.165, 1.54) is 38.5 Å². The van der Waals surface area contributed by atoms with Gasteiger partial charge < -0.3 is 30.9 Å². The molecule has 0 unspecified atom stereocenters. The average molecular weight is 262 g/mol. The van der Waals surface area contributed by atoms with Gasteiger partial charge in [-0.3, -0.25) is 0 Å². The summed E-state index contributed by atoms with van der Waals surface area (Å²) < 4.78 is 0. The molecule has 0 bridgehead atoms. The molecule has 1 fully saturated rings. The third-order valence-corrected chi connectivity index (χ3v) is 2.13. The van der Waals surface area contributed by atoms with E-state index in [0.717, 1.165) is 5.92 Å². The van der Waals surface area contributed by atoms with Gasteiger partial charge in [-0.05, 0) is 0 Å². The second-order valence-electron chi connectivity index (χ2n) is 2.79. The van der Waals surface area contributed by atoms with Gasteiger partial charge in [-0.1, -0.05) is 38.0 Å². The van der Waals surface area contributed by atoms with E-state index in [9.17, 15) is 0 Å². The summed E-state index contributed by atoms with van der Waals surface area (Å²) in [6.45, 7) is 3.91. The number of hydrogen-bond acceptors (Lipinski definition) is 0. The van der Waals surface area contributed by atoms with Crippen LogP contribution in [0.15, 0.2) is 0 Å². The van der Waals surface area contributed by atoms with Gasteiger partial charge in [-0.15, -0.1) is 0 Å². The molecule has 1 aliphatic carbocycles. The number of hydrogen-bond donors (Lipinski definition) is 0. The number of halogens is 1. The summed E-state index contributed by atoms with van der Waals surface area (Å²) >= 11 is 0. The summed E-state index contributed by atoms with van der Waals surface area (Å²) in [5.41, 5.74) is 0. The summed E-state index contributed by atoms with van der Waals surface area (Å²) in [7, 11) is 0. The van der Waals surface area contributed by atoms with Gasteiger partial charge in [0.2, 0.25) is 0 Å². The first-order valence-corrected chi connectivity index (χ1v) is 3.72. The van der Waals surface area contributed by atoms with Gasteiger partial charge in [0.1, 0.15) is 0 Å². The quantitative estimate of drug-likeness (QED) is 0.337. The molecule has 0 aromatic rings. The summed E-state index contributed by atoms with van der Waals surface area (Å²) in [6.07, 6.45) is 8.45. The van der Waals surface area contributed by atoms with Crippen molar-refractivity contribution in [1.82, 2.24) is 0 Å². The Labute approximate surface area is 97.7 Å². The molecule has 56 valence electrons. The summed E-state index contributed by atoms with van der Waals surface area (Å²) in [5.74, 6) is 0.976. The van der Waals surface area contributed by atoms with Gasteiger partial charge in [0.05, 0.1) is 0 Å². The normalized spacial score (nSPS) is 18.9. The summed E-state index contributed by atoms with van der Waals surface area (Å²) in [5, 5.41) is 0. The van der Waals surface area contributed by atoms with Gasteiger partial charge in [0.15, 0.2) is 0 Å². The van der Waals surface area contributed by atoms with Crippen molar-refractivity contribution < 1.29 is 24.0 Å². The maximum absolute atomic E-state index is 3.91. The SMILES string of the molecule is [CH2-]CC1CCCCC1.[I-].[Mg+2]. The van der Waals surface area contributed by atoms with Crippen molar-refractivity contribution in [2.75, 3.05) is 0 Å². The van der Waals surface area contributed by atoms with E-state index in [2.05, 4.69) is 6.92 Å². The van der Waals surface area contributed by atoms with Gasteiger partial charge >= 0.3 is 23.1 Å². The fourth-order valence-corrected chi connectivity index (χ4v) is 1.48. The van der Waals surface area contributed by atoms with Crippen LogP contribution in [-0.4, -0.2) is 23.1 Å². The van der Waals surface area contributed by atoms with E-state index in [0.29, 0.717) is 0 Å². The van der Waals surface area contributed by atoms with E-state index >= 15 is 0 Å². The second-order valence-corrected chi connectivity index (χ2v) is 2.79. The van der Waals surface area contributed by atoms with Crippen LogP contribution >= 0.6 is 0 Å². The minimum absolute atomic E-state index is 0. The van der Waals surface area contributed by atoms with Crippen LogP contribution in [-0.2, 0) is 0 Å². The van der Waals surface area contributed by atoms with Crippen LogP contribution in [0.5, 0.6) is 0 Å². The fourth-order valence-electron chi connectivity index (χ4n) is 1.48. The zero-order valence-corrected chi connectivity index (χ0v) is 10.2. The molecule has 0 spiro atoms. The predicted octanol–water partition coefficient (Wildman–Crippen LogP) is -0.586. The van der Waals surface area contributed by atoms with Crippen molar-refractivity contribution in [3.8, 4) is 0 Å². The Hall–Kier alpha value is 1.50. The molecule has 1 aliphatic rings. The predicted molar refractivity (Wildman–Crippen MR) is 42.3 cm³/mol. The summed E-state index contributed by atoms with van der Waals surface area (Å²) in [6, 6.07) is 0. The molecule has 0 saturated heterocycles. The minimum Gasteiger partial charge on any atom is -1.00 e. The molecule has 0 radical (unpaired) electrons. The van der Waals surface area contributed by atoms with Crippen molar-refractivity contribution in [2.45, 2.75) is 38.5 Å². The number of rotatable bonds is 1. The molecule has 0 N–H and O–H groups in total. The zero-order valence-electron chi connectivity index (χ0n) is 6.61. The smallest absolute Gasteiger partial charge is 1.00 e. The standard InChI is InChI=1S/C8H15.HI.Mg/c1-2-8-6-4-3-5-7-8;;/h8H,1-7H2;1H;/q-1;;+2/p-1. The van der Waals surface area contributed by atoms with Crippen molar-refractivity contribution in [3.63, 3.8) is 0 Å². The Morgan fingerprint density at radius 3 is 1.90 bits per heavy atom. The molecule has 0 aliphatic heterocycles. The first-order valence-electron chi connectivity index (χ1n) is 3.72. The van der Waals surface area contributed by atoms with Crippen molar-refractivity contribution in [2.24, 2.45) is 5.92 Å². The fraction of sp³-hybridized carbons (Fsp3) is 0.875. The maximum atomic E-state index is 3.91. The van der Waals surface area contributed by atoms with Crippen LogP contribution < -0.4 is 24.0 Å². The Morgan fingerprint density at radius 1 is 1.10 bits per heavy atom. The molecule has 0 aromatic carbocycles. The first-order chi connectivity index (χ1) is 3.93. The van der Waals surface area contributed by atoms with Gasteiger partial charge in [0, 0.05) is 0 Å². The molecule has 0 nitrogen and oxygen atoms in total. The molecule has 1 rings (SSSR count). The maximum Gasteiger partial charge on any atom is 2.00 e. The molecule has 0 aromatic heterocycles. The van der Waals surface area contributed by atoms with Gasteiger partial charge in [0.25, 0.3) is 0 Å². The van der Waals surface area contributed by atoms with Crippen LogP contribution in [0.2, 0.25) is 0 Å². The first kappa shape index (κ1) is 14.0. The van der Waals surface area contributed by atoms with Crippen LogP contribution in [0.3, 0.4) is 0 Å². The van der Waals surface area contributed by atoms with E-state index < -0.39 is 0 Å². The monoisotopic (exact) mass is 262 g/mol. The molecule has 1 saturated carbocycles. The second kappa shape index (κ2) is 8.59. The van der Waals surface area contributed by atoms with Gasteiger partial charge in [-0.2, -0.15) is 6.42 Å². The minimum atomic E-state index is 0.